The van der Waals surface area contributed by atoms with E-state index < -0.39 is 5.60 Å². The van der Waals surface area contributed by atoms with Gasteiger partial charge in [-0.2, -0.15) is 0 Å². The first kappa shape index (κ1) is 17.0. The fraction of sp³-hybridized carbons (Fsp3) is 0.312. The molecule has 4 nitrogen and oxygen atoms in total. The number of thiophene rings is 1. The van der Waals surface area contributed by atoms with Crippen LogP contribution in [-0.4, -0.2) is 24.2 Å². The molecule has 2 aromatic rings. The van der Waals surface area contributed by atoms with E-state index in [0.29, 0.717) is 5.02 Å². The van der Waals surface area contributed by atoms with Crippen LogP contribution in [0.4, 0.5) is 0 Å². The van der Waals surface area contributed by atoms with Gasteiger partial charge in [-0.15, -0.1) is 11.3 Å². The highest BCUT2D eigenvalue weighted by Gasteiger charge is 2.24. The quantitative estimate of drug-likeness (QED) is 0.815. The number of rotatable bonds is 7. The van der Waals surface area contributed by atoms with Crippen molar-refractivity contribution in [1.29, 1.82) is 0 Å². The number of hydrogen-bond acceptors (Lipinski definition) is 4. The Morgan fingerprint density at radius 3 is 2.82 bits per heavy atom. The summed E-state index contributed by atoms with van der Waals surface area (Å²) >= 11 is 7.46. The highest BCUT2D eigenvalue weighted by atomic mass is 35.5. The van der Waals surface area contributed by atoms with Crippen molar-refractivity contribution in [1.82, 2.24) is 5.32 Å². The predicted octanol–water partition coefficient (Wildman–Crippen LogP) is 2.94. The summed E-state index contributed by atoms with van der Waals surface area (Å²) in [5.41, 5.74) is -0.241. The van der Waals surface area contributed by atoms with Crippen LogP contribution in [0.25, 0.3) is 0 Å². The van der Waals surface area contributed by atoms with E-state index in [1.807, 2.05) is 35.7 Å². The van der Waals surface area contributed by atoms with Crippen LogP contribution in [-0.2, 0) is 21.7 Å². The van der Waals surface area contributed by atoms with Crippen molar-refractivity contribution in [2.24, 2.45) is 0 Å². The van der Waals surface area contributed by atoms with Crippen molar-refractivity contribution in [3.05, 3.63) is 57.2 Å². The van der Waals surface area contributed by atoms with Crippen LogP contribution in [0.15, 0.2) is 41.8 Å². The summed E-state index contributed by atoms with van der Waals surface area (Å²) in [7, 11) is 0. The number of amides is 1. The van der Waals surface area contributed by atoms with Gasteiger partial charge in [0, 0.05) is 9.90 Å². The van der Waals surface area contributed by atoms with Crippen LogP contribution >= 0.6 is 22.9 Å². The van der Waals surface area contributed by atoms with E-state index in [-0.39, 0.29) is 25.7 Å². The molecule has 6 heteroatoms. The average molecular weight is 340 g/mol. The third kappa shape index (κ3) is 4.81. The van der Waals surface area contributed by atoms with Gasteiger partial charge in [0.1, 0.15) is 12.2 Å². The molecule has 1 amide bonds. The fourth-order valence-corrected chi connectivity index (χ4v) is 2.84. The Labute approximate surface area is 138 Å². The zero-order valence-corrected chi connectivity index (χ0v) is 13.8. The van der Waals surface area contributed by atoms with Gasteiger partial charge in [0.15, 0.2) is 0 Å². The average Bonchev–Trinajstić information content (AvgIpc) is 3.02. The number of hydrogen-bond donors (Lipinski definition) is 2. The maximum Gasteiger partial charge on any atom is 0.246 e. The maximum atomic E-state index is 11.8. The number of benzene rings is 1. The minimum atomic E-state index is -1.08. The fourth-order valence-electron chi connectivity index (χ4n) is 1.86. The van der Waals surface area contributed by atoms with E-state index in [2.05, 4.69) is 5.32 Å². The number of carbonyl (C=O) groups excluding carboxylic acids is 1. The summed E-state index contributed by atoms with van der Waals surface area (Å²) in [5.74, 6) is -0.274. The van der Waals surface area contributed by atoms with Gasteiger partial charge in [-0.3, -0.25) is 4.79 Å². The summed E-state index contributed by atoms with van der Waals surface area (Å²) in [5, 5.41) is 15.5. The molecule has 118 valence electrons. The lowest BCUT2D eigenvalue weighted by atomic mass is 10.1. The lowest BCUT2D eigenvalue weighted by Gasteiger charge is -2.22. The molecule has 0 aliphatic carbocycles. The van der Waals surface area contributed by atoms with Crippen LogP contribution < -0.4 is 5.32 Å². The van der Waals surface area contributed by atoms with Gasteiger partial charge in [-0.25, -0.2) is 0 Å². The Balaban J connectivity index is 1.73. The Hall–Kier alpha value is -1.40. The summed E-state index contributed by atoms with van der Waals surface area (Å²) in [4.78, 5) is 12.6. The van der Waals surface area contributed by atoms with Gasteiger partial charge >= 0.3 is 0 Å². The number of ether oxygens (including phenoxy) is 1. The molecule has 0 saturated heterocycles. The molecule has 1 unspecified atom stereocenters. The molecule has 1 aromatic carbocycles. The SMILES string of the molecule is CC(O)(CNC(=O)COCc1ccccc1Cl)c1cccs1. The number of aliphatic hydroxyl groups is 1. The molecule has 22 heavy (non-hydrogen) atoms. The molecular weight excluding hydrogens is 322 g/mol. The standard InChI is InChI=1S/C16H18ClNO3S/c1-16(20,14-7-4-8-22-14)11-18-15(19)10-21-9-12-5-2-3-6-13(12)17/h2-8,20H,9-11H2,1H3,(H,18,19). The monoisotopic (exact) mass is 339 g/mol. The molecule has 0 aliphatic heterocycles. The molecule has 0 radical (unpaired) electrons. The third-order valence-corrected chi connectivity index (χ3v) is 4.62. The summed E-state index contributed by atoms with van der Waals surface area (Å²) in [6.45, 7) is 2.01. The van der Waals surface area contributed by atoms with E-state index in [1.54, 1.807) is 13.0 Å². The molecular formula is C16H18ClNO3S. The van der Waals surface area contributed by atoms with E-state index in [1.165, 1.54) is 11.3 Å². The van der Waals surface area contributed by atoms with Crippen LogP contribution in [0.3, 0.4) is 0 Å². The van der Waals surface area contributed by atoms with Crippen LogP contribution in [0, 0.1) is 0 Å². The first-order chi connectivity index (χ1) is 10.5. The molecule has 1 heterocycles. The molecule has 1 atom stereocenters. The van der Waals surface area contributed by atoms with Crippen LogP contribution in [0.5, 0.6) is 0 Å². The molecule has 0 saturated carbocycles. The van der Waals surface area contributed by atoms with Crippen molar-refractivity contribution in [3.63, 3.8) is 0 Å². The van der Waals surface area contributed by atoms with Crippen molar-refractivity contribution in [3.8, 4) is 0 Å². The van der Waals surface area contributed by atoms with Gasteiger partial charge in [0.2, 0.25) is 5.91 Å². The van der Waals surface area contributed by atoms with Gasteiger partial charge in [0.05, 0.1) is 13.2 Å². The molecule has 2 rings (SSSR count). The second-order valence-electron chi connectivity index (χ2n) is 5.11. The first-order valence-electron chi connectivity index (χ1n) is 6.83. The number of carbonyl (C=O) groups is 1. The van der Waals surface area contributed by atoms with Crippen molar-refractivity contribution in [2.75, 3.05) is 13.2 Å². The van der Waals surface area contributed by atoms with Gasteiger partial charge in [0.25, 0.3) is 0 Å². The normalized spacial score (nSPS) is 13.6. The van der Waals surface area contributed by atoms with Gasteiger partial charge in [-0.05, 0) is 30.0 Å². The molecule has 0 fully saturated rings. The van der Waals surface area contributed by atoms with Gasteiger partial charge < -0.3 is 15.2 Å². The van der Waals surface area contributed by atoms with E-state index >= 15 is 0 Å². The zero-order valence-electron chi connectivity index (χ0n) is 12.2. The summed E-state index contributed by atoms with van der Waals surface area (Å²) in [6.07, 6.45) is 0. The Morgan fingerprint density at radius 2 is 2.14 bits per heavy atom. The third-order valence-electron chi connectivity index (χ3n) is 3.13. The van der Waals surface area contributed by atoms with Crippen molar-refractivity contribution >= 4 is 28.8 Å². The van der Waals surface area contributed by atoms with E-state index in [9.17, 15) is 9.90 Å². The summed E-state index contributed by atoms with van der Waals surface area (Å²) in [6, 6.07) is 11.0. The molecule has 0 aliphatic rings. The Morgan fingerprint density at radius 1 is 1.36 bits per heavy atom. The van der Waals surface area contributed by atoms with Crippen LogP contribution in [0.1, 0.15) is 17.4 Å². The smallest absolute Gasteiger partial charge is 0.246 e. The second kappa shape index (κ2) is 7.74. The predicted molar refractivity (Wildman–Crippen MR) is 88.0 cm³/mol. The lowest BCUT2D eigenvalue weighted by Crippen LogP contribution is -2.39. The highest BCUT2D eigenvalue weighted by molar-refractivity contribution is 7.10. The number of halogens is 1. The summed E-state index contributed by atoms with van der Waals surface area (Å²) < 4.78 is 5.34. The Bertz CT molecular complexity index is 614. The van der Waals surface area contributed by atoms with E-state index in [4.69, 9.17) is 16.3 Å². The minimum absolute atomic E-state index is 0.0776. The lowest BCUT2D eigenvalue weighted by molar-refractivity contribution is -0.127. The zero-order chi connectivity index (χ0) is 16.0. The molecule has 2 N–H and O–H groups in total. The maximum absolute atomic E-state index is 11.8. The Kier molecular flexibility index (Phi) is 5.97. The van der Waals surface area contributed by atoms with E-state index in [0.717, 1.165) is 10.4 Å². The highest BCUT2D eigenvalue weighted by Crippen LogP contribution is 2.24. The van der Waals surface area contributed by atoms with Gasteiger partial charge in [-0.1, -0.05) is 35.9 Å². The first-order valence-corrected chi connectivity index (χ1v) is 8.09. The molecule has 1 aromatic heterocycles. The number of nitrogens with one attached hydrogen (secondary N) is 1. The van der Waals surface area contributed by atoms with Crippen molar-refractivity contribution < 1.29 is 14.6 Å². The topological polar surface area (TPSA) is 58.6 Å². The van der Waals surface area contributed by atoms with Crippen LogP contribution in [0.2, 0.25) is 5.02 Å². The largest absolute Gasteiger partial charge is 0.383 e. The van der Waals surface area contributed by atoms with Crippen molar-refractivity contribution in [2.45, 2.75) is 19.1 Å². The molecule has 0 spiro atoms. The second-order valence-corrected chi connectivity index (χ2v) is 6.47. The molecule has 0 bridgehead atoms. The minimum Gasteiger partial charge on any atom is -0.383 e.